The Hall–Kier alpha value is -2.05. The maximum Gasteiger partial charge on any atom is 0.333 e. The van der Waals surface area contributed by atoms with Gasteiger partial charge < -0.3 is 4.98 Å². The number of imidazole rings is 1. The lowest BCUT2D eigenvalue weighted by Gasteiger charge is -1.90. The molecule has 14 heavy (non-hydrogen) atoms. The molecule has 0 fully saturated rings. The molecule has 0 aromatic carbocycles. The summed E-state index contributed by atoms with van der Waals surface area (Å²) in [6.45, 7) is 0. The molecule has 0 aliphatic heterocycles. The molecule has 2 heterocycles. The predicted molar refractivity (Wildman–Crippen MR) is 50.4 cm³/mol. The predicted octanol–water partition coefficient (Wildman–Crippen LogP) is 1.67. The first kappa shape index (κ1) is 8.54. The van der Waals surface area contributed by atoms with Crippen LogP contribution in [0.2, 0.25) is 0 Å². The molecule has 2 rings (SSSR count). The topological polar surface area (TPSA) is 104 Å². The Bertz CT molecular complexity index is 599. The summed E-state index contributed by atoms with van der Waals surface area (Å²) >= 11 is 1.34. The highest BCUT2D eigenvalue weighted by molar-refractivity contribution is 7.09. The van der Waals surface area contributed by atoms with Crippen molar-refractivity contribution in [2.75, 3.05) is 0 Å². The van der Waals surface area contributed by atoms with Crippen LogP contribution in [0.25, 0.3) is 21.5 Å². The van der Waals surface area contributed by atoms with E-state index in [9.17, 15) is 9.59 Å². The van der Waals surface area contributed by atoms with E-state index in [1.54, 1.807) is 10.8 Å². The van der Waals surface area contributed by atoms with E-state index in [4.69, 9.17) is 5.53 Å². The molecule has 70 valence electrons. The Morgan fingerprint density at radius 3 is 3.14 bits per heavy atom. The van der Waals surface area contributed by atoms with Gasteiger partial charge >= 0.3 is 11.7 Å². The van der Waals surface area contributed by atoms with Gasteiger partial charge in [0.25, 0.3) is 0 Å². The average molecular weight is 209 g/mol. The molecule has 0 bridgehead atoms. The maximum absolute atomic E-state index is 11.2. The molecule has 0 unspecified atom stereocenters. The van der Waals surface area contributed by atoms with E-state index in [1.807, 2.05) is 0 Å². The van der Waals surface area contributed by atoms with E-state index < -0.39 is 11.7 Å². The summed E-state index contributed by atoms with van der Waals surface area (Å²) in [6.07, 6.45) is 0. The number of hydrogen-bond donors (Lipinski definition) is 1. The van der Waals surface area contributed by atoms with Gasteiger partial charge in [0, 0.05) is 20.8 Å². The van der Waals surface area contributed by atoms with Gasteiger partial charge in [-0.3, -0.25) is 4.79 Å². The lowest BCUT2D eigenvalue weighted by atomic mass is 10.5. The number of nitrogens with one attached hydrogen (secondary N) is 1. The van der Waals surface area contributed by atoms with Crippen molar-refractivity contribution in [2.45, 2.75) is 0 Å². The van der Waals surface area contributed by atoms with E-state index in [0.29, 0.717) is 11.0 Å². The highest BCUT2D eigenvalue weighted by atomic mass is 32.1. The van der Waals surface area contributed by atoms with Crippen LogP contribution in [0.1, 0.15) is 0 Å². The molecule has 7 nitrogen and oxygen atoms in total. The first-order valence-corrected chi connectivity index (χ1v) is 4.44. The van der Waals surface area contributed by atoms with Gasteiger partial charge in [-0.25, -0.2) is 9.36 Å². The van der Waals surface area contributed by atoms with Crippen molar-refractivity contribution in [3.8, 4) is 0 Å². The van der Waals surface area contributed by atoms with Crippen LogP contribution in [0.5, 0.6) is 0 Å². The largest absolute Gasteiger partial charge is 0.333 e. The molecule has 2 aromatic rings. The number of aromatic nitrogens is 2. The fourth-order valence-electron chi connectivity index (χ4n) is 1.11. The lowest BCUT2D eigenvalue weighted by molar-refractivity contribution is 0.250. The normalized spacial score (nSPS) is 10.0. The third-order valence-corrected chi connectivity index (χ3v) is 2.38. The lowest BCUT2D eigenvalue weighted by Crippen LogP contribution is -2.21. The number of H-pyrrole nitrogens is 1. The van der Waals surface area contributed by atoms with Crippen molar-refractivity contribution in [1.82, 2.24) is 9.55 Å². The highest BCUT2D eigenvalue weighted by Gasteiger charge is 2.12. The summed E-state index contributed by atoms with van der Waals surface area (Å²) in [5.74, 6) is 0. The summed E-state index contributed by atoms with van der Waals surface area (Å²) in [5.41, 5.74) is 8.45. The Kier molecular flexibility index (Phi) is 1.84. The first-order chi connectivity index (χ1) is 6.74. The monoisotopic (exact) mass is 209 g/mol. The molecule has 0 aliphatic carbocycles. The van der Waals surface area contributed by atoms with E-state index in [0.717, 1.165) is 4.57 Å². The van der Waals surface area contributed by atoms with E-state index in [1.165, 1.54) is 11.3 Å². The third kappa shape index (κ3) is 1.10. The molecule has 0 radical (unpaired) electrons. The number of amides is 1. The van der Waals surface area contributed by atoms with E-state index >= 15 is 0 Å². The number of carbonyl (C=O) groups is 1. The molecule has 0 atom stereocenters. The van der Waals surface area contributed by atoms with Gasteiger partial charge in [0.05, 0.1) is 11.0 Å². The number of hydrogen-bond acceptors (Lipinski definition) is 3. The van der Waals surface area contributed by atoms with Gasteiger partial charge in [0.2, 0.25) is 0 Å². The SMILES string of the molecule is [N-]=[N+]=NC(=O)n1c(=O)[nH]c2cscc21. The van der Waals surface area contributed by atoms with Crippen molar-refractivity contribution in [3.63, 3.8) is 0 Å². The van der Waals surface area contributed by atoms with Gasteiger partial charge in [-0.15, -0.1) is 11.3 Å². The fourth-order valence-corrected chi connectivity index (χ4v) is 1.86. The minimum absolute atomic E-state index is 0.428. The second kappa shape index (κ2) is 3.02. The van der Waals surface area contributed by atoms with E-state index in [-0.39, 0.29) is 0 Å². The second-order valence-corrected chi connectivity index (χ2v) is 3.15. The minimum atomic E-state index is -0.929. The van der Waals surface area contributed by atoms with Crippen molar-refractivity contribution in [3.05, 3.63) is 31.7 Å². The molecule has 0 aliphatic rings. The number of carbonyl (C=O) groups excluding carboxylic acids is 1. The highest BCUT2D eigenvalue weighted by Crippen LogP contribution is 2.15. The number of thiophene rings is 1. The van der Waals surface area contributed by atoms with Gasteiger partial charge in [0.1, 0.15) is 0 Å². The maximum atomic E-state index is 11.2. The quantitative estimate of drug-likeness (QED) is 0.405. The van der Waals surface area contributed by atoms with Crippen LogP contribution in [0.4, 0.5) is 4.79 Å². The molecule has 8 heteroatoms. The smallest absolute Gasteiger partial charge is 0.304 e. The van der Waals surface area contributed by atoms with Crippen LogP contribution in [0, 0.1) is 0 Å². The van der Waals surface area contributed by atoms with Gasteiger partial charge in [0.15, 0.2) is 0 Å². The molecule has 0 saturated carbocycles. The van der Waals surface area contributed by atoms with Crippen LogP contribution in [-0.2, 0) is 0 Å². The minimum Gasteiger partial charge on any atom is -0.304 e. The number of fused-ring (bicyclic) bond motifs is 1. The second-order valence-electron chi connectivity index (χ2n) is 2.41. The van der Waals surface area contributed by atoms with Crippen molar-refractivity contribution >= 4 is 28.4 Å². The molecule has 1 N–H and O–H groups in total. The number of nitrogens with zero attached hydrogens (tertiary/aromatic N) is 4. The summed E-state index contributed by atoms with van der Waals surface area (Å²) in [6, 6.07) is -0.929. The average Bonchev–Trinajstić information content (AvgIpc) is 2.63. The zero-order valence-electron chi connectivity index (χ0n) is 6.67. The first-order valence-electron chi connectivity index (χ1n) is 3.50. The Morgan fingerprint density at radius 1 is 1.64 bits per heavy atom. The summed E-state index contributed by atoms with van der Waals surface area (Å²) in [4.78, 5) is 27.2. The van der Waals surface area contributed by atoms with Gasteiger partial charge in [-0.05, 0) is 5.53 Å². The molecule has 2 aromatic heterocycles. The summed E-state index contributed by atoms with van der Waals surface area (Å²) in [5, 5.41) is 6.16. The molecule has 0 saturated heterocycles. The Balaban J connectivity index is 2.76. The van der Waals surface area contributed by atoms with Gasteiger partial charge in [-0.1, -0.05) is 0 Å². The Labute approximate surface area is 80.2 Å². The Morgan fingerprint density at radius 2 is 2.43 bits per heavy atom. The fraction of sp³-hybridized carbons (Fsp3) is 0. The van der Waals surface area contributed by atoms with Crippen LogP contribution in [0.3, 0.4) is 0 Å². The van der Waals surface area contributed by atoms with Crippen molar-refractivity contribution in [1.29, 1.82) is 0 Å². The molecular formula is C6H3N5O2S. The number of aromatic amines is 1. The molecule has 0 spiro atoms. The van der Waals surface area contributed by atoms with Crippen LogP contribution < -0.4 is 5.69 Å². The zero-order valence-corrected chi connectivity index (χ0v) is 7.48. The summed E-state index contributed by atoms with van der Waals surface area (Å²) in [7, 11) is 0. The van der Waals surface area contributed by atoms with Gasteiger partial charge in [-0.2, -0.15) is 0 Å². The standard InChI is InChI=1S/C6H3N5O2S/c7-10-9-6(13)11-4-2-14-1-3(4)8-5(11)12/h1-2H,(H,8,12). The molecular weight excluding hydrogens is 206 g/mol. The van der Waals surface area contributed by atoms with Crippen molar-refractivity contribution < 1.29 is 4.79 Å². The van der Waals surface area contributed by atoms with Crippen molar-refractivity contribution in [2.24, 2.45) is 5.11 Å². The summed E-state index contributed by atoms with van der Waals surface area (Å²) < 4.78 is 0.797. The third-order valence-electron chi connectivity index (χ3n) is 1.65. The molecule has 1 amide bonds. The number of azide groups is 1. The van der Waals surface area contributed by atoms with Crippen LogP contribution in [0.15, 0.2) is 20.7 Å². The van der Waals surface area contributed by atoms with Crippen LogP contribution >= 0.6 is 11.3 Å². The van der Waals surface area contributed by atoms with Crippen LogP contribution in [-0.4, -0.2) is 15.6 Å². The zero-order chi connectivity index (χ0) is 10.1. The number of rotatable bonds is 0. The van der Waals surface area contributed by atoms with E-state index in [2.05, 4.69) is 15.0 Å².